The Bertz CT molecular complexity index is 820. The number of phenolic OH excluding ortho intramolecular Hbond substituents is 1. The molecule has 0 bridgehead atoms. The Morgan fingerprint density at radius 2 is 1.63 bits per heavy atom. The Kier molecular flexibility index (Phi) is 9.56. The summed E-state index contributed by atoms with van der Waals surface area (Å²) in [6.45, 7) is 2.11. The van der Waals surface area contributed by atoms with Crippen LogP contribution in [0.5, 0.6) is 5.75 Å². The molecule has 0 aromatic heterocycles. The standard InChI is InChI=1S/C23H30ClN3O2.ClH/c1-27(2,17-29-16-18-6-4-3-5-7-18)15-19-14-22(12-13-23(19)28)26-25-21-10-8-20(24)9-11-21;/h8-14,18H,3-7,15-17H2,1-2H3;1H. The molecule has 2 aromatic carbocycles. The minimum Gasteiger partial charge on any atom is -1.00 e. The molecule has 0 amide bonds. The lowest BCUT2D eigenvalue weighted by Crippen LogP contribution is -3.00. The summed E-state index contributed by atoms with van der Waals surface area (Å²) in [5, 5.41) is 19.5. The van der Waals surface area contributed by atoms with E-state index in [-0.39, 0.29) is 18.2 Å². The van der Waals surface area contributed by atoms with Crippen LogP contribution in [0, 0.1) is 5.92 Å². The molecular weight excluding hydrogens is 421 g/mol. The van der Waals surface area contributed by atoms with Gasteiger partial charge in [0.1, 0.15) is 12.3 Å². The van der Waals surface area contributed by atoms with Crippen molar-refractivity contribution in [3.8, 4) is 5.75 Å². The van der Waals surface area contributed by atoms with Crippen LogP contribution >= 0.6 is 11.6 Å². The van der Waals surface area contributed by atoms with Gasteiger partial charge in [-0.2, -0.15) is 10.2 Å². The summed E-state index contributed by atoms with van der Waals surface area (Å²) in [4.78, 5) is 0. The first kappa shape index (κ1) is 24.6. The Labute approximate surface area is 190 Å². The van der Waals surface area contributed by atoms with Crippen LogP contribution in [0.3, 0.4) is 0 Å². The smallest absolute Gasteiger partial charge is 0.182 e. The third-order valence-corrected chi connectivity index (χ3v) is 5.54. The summed E-state index contributed by atoms with van der Waals surface area (Å²) in [5.74, 6) is 0.975. The lowest BCUT2D eigenvalue weighted by atomic mass is 9.90. The Morgan fingerprint density at radius 3 is 2.33 bits per heavy atom. The van der Waals surface area contributed by atoms with Gasteiger partial charge in [0.25, 0.3) is 0 Å². The van der Waals surface area contributed by atoms with Crippen molar-refractivity contribution in [2.24, 2.45) is 16.1 Å². The highest BCUT2D eigenvalue weighted by atomic mass is 35.5. The second kappa shape index (κ2) is 11.7. The van der Waals surface area contributed by atoms with Gasteiger partial charge < -0.3 is 26.7 Å². The maximum absolute atomic E-state index is 10.3. The fourth-order valence-electron chi connectivity index (χ4n) is 3.71. The normalized spacial score (nSPS) is 15.3. The van der Waals surface area contributed by atoms with E-state index in [0.29, 0.717) is 34.4 Å². The Balaban J connectivity index is 0.00000320. The molecule has 1 aliphatic carbocycles. The van der Waals surface area contributed by atoms with Crippen molar-refractivity contribution in [3.05, 3.63) is 53.1 Å². The first-order chi connectivity index (χ1) is 13.9. The number of aromatic hydroxyl groups is 1. The first-order valence-electron chi connectivity index (χ1n) is 10.3. The average molecular weight is 452 g/mol. The molecule has 0 radical (unpaired) electrons. The van der Waals surface area contributed by atoms with Crippen molar-refractivity contribution < 1.29 is 26.7 Å². The highest BCUT2D eigenvalue weighted by molar-refractivity contribution is 6.30. The number of ether oxygens (including phenoxy) is 1. The third kappa shape index (κ3) is 7.88. The predicted octanol–water partition coefficient (Wildman–Crippen LogP) is 3.60. The summed E-state index contributed by atoms with van der Waals surface area (Å²) in [6, 6.07) is 12.5. The zero-order valence-corrected chi connectivity index (χ0v) is 19.2. The topological polar surface area (TPSA) is 54.2 Å². The van der Waals surface area contributed by atoms with Gasteiger partial charge >= 0.3 is 0 Å². The molecule has 3 rings (SSSR count). The summed E-state index contributed by atoms with van der Waals surface area (Å²) in [7, 11) is 4.23. The van der Waals surface area contributed by atoms with Gasteiger partial charge in [-0.3, -0.25) is 0 Å². The van der Waals surface area contributed by atoms with Crippen molar-refractivity contribution in [1.82, 2.24) is 0 Å². The number of halogens is 2. The second-order valence-corrected chi connectivity index (χ2v) is 9.02. The second-order valence-electron chi connectivity index (χ2n) is 8.59. The van der Waals surface area contributed by atoms with Gasteiger partial charge in [0.05, 0.1) is 37.6 Å². The summed E-state index contributed by atoms with van der Waals surface area (Å²) < 4.78 is 6.67. The first-order valence-corrected chi connectivity index (χ1v) is 10.7. The molecule has 0 aliphatic heterocycles. The number of hydrogen-bond donors (Lipinski definition) is 1. The molecule has 1 N–H and O–H groups in total. The van der Waals surface area contributed by atoms with Crippen molar-refractivity contribution in [1.29, 1.82) is 0 Å². The number of quaternary nitrogens is 1. The van der Waals surface area contributed by atoms with E-state index in [4.69, 9.17) is 16.3 Å². The highest BCUT2D eigenvalue weighted by Crippen LogP contribution is 2.28. The number of azo groups is 1. The third-order valence-electron chi connectivity index (χ3n) is 5.29. The van der Waals surface area contributed by atoms with E-state index >= 15 is 0 Å². The number of benzene rings is 2. The van der Waals surface area contributed by atoms with E-state index in [1.807, 2.05) is 18.2 Å². The molecule has 164 valence electrons. The molecule has 1 saturated carbocycles. The van der Waals surface area contributed by atoms with Crippen LogP contribution in [0.4, 0.5) is 11.4 Å². The Morgan fingerprint density at radius 1 is 1.00 bits per heavy atom. The predicted molar refractivity (Wildman–Crippen MR) is 117 cm³/mol. The number of phenols is 1. The van der Waals surface area contributed by atoms with Gasteiger partial charge in [-0.25, -0.2) is 0 Å². The fraction of sp³-hybridized carbons (Fsp3) is 0.478. The van der Waals surface area contributed by atoms with Crippen LogP contribution in [0.25, 0.3) is 0 Å². The average Bonchev–Trinajstić information content (AvgIpc) is 2.70. The zero-order chi connectivity index (χ0) is 20.7. The summed E-state index contributed by atoms with van der Waals surface area (Å²) >= 11 is 5.90. The summed E-state index contributed by atoms with van der Waals surface area (Å²) in [6.07, 6.45) is 6.60. The molecule has 0 unspecified atom stereocenters. The van der Waals surface area contributed by atoms with Gasteiger partial charge in [0, 0.05) is 5.02 Å². The SMILES string of the molecule is C[N+](C)(COCC1CCCCC1)Cc1cc(N=Nc2ccc(Cl)cc2)ccc1O.[Cl-]. The van der Waals surface area contributed by atoms with Crippen LogP contribution in [-0.2, 0) is 11.3 Å². The van der Waals surface area contributed by atoms with Crippen LogP contribution in [0.15, 0.2) is 52.7 Å². The van der Waals surface area contributed by atoms with Crippen LogP contribution in [0.1, 0.15) is 37.7 Å². The minimum absolute atomic E-state index is 0. The molecule has 30 heavy (non-hydrogen) atoms. The van der Waals surface area contributed by atoms with Crippen LogP contribution in [-0.4, -0.2) is 37.0 Å². The zero-order valence-electron chi connectivity index (χ0n) is 17.7. The maximum Gasteiger partial charge on any atom is 0.182 e. The number of nitrogens with zero attached hydrogens (tertiary/aromatic N) is 3. The number of hydrogen-bond acceptors (Lipinski definition) is 4. The molecule has 5 nitrogen and oxygen atoms in total. The van der Waals surface area contributed by atoms with Crippen molar-refractivity contribution in [2.75, 3.05) is 27.4 Å². The monoisotopic (exact) mass is 451 g/mol. The van der Waals surface area contributed by atoms with Gasteiger partial charge in [-0.15, -0.1) is 0 Å². The van der Waals surface area contributed by atoms with Crippen molar-refractivity contribution in [2.45, 2.75) is 38.6 Å². The fourth-order valence-corrected chi connectivity index (χ4v) is 3.84. The van der Waals surface area contributed by atoms with Crippen LogP contribution < -0.4 is 12.4 Å². The van der Waals surface area contributed by atoms with E-state index < -0.39 is 0 Å². The van der Waals surface area contributed by atoms with Gasteiger partial charge in [0.2, 0.25) is 0 Å². The number of rotatable bonds is 8. The lowest BCUT2D eigenvalue weighted by Gasteiger charge is -2.31. The molecule has 0 heterocycles. The summed E-state index contributed by atoms with van der Waals surface area (Å²) in [5.41, 5.74) is 2.27. The van der Waals surface area contributed by atoms with Crippen LogP contribution in [0.2, 0.25) is 5.02 Å². The lowest BCUT2D eigenvalue weighted by molar-refractivity contribution is -0.922. The highest BCUT2D eigenvalue weighted by Gasteiger charge is 2.20. The minimum atomic E-state index is 0. The van der Waals surface area contributed by atoms with E-state index in [1.165, 1.54) is 32.1 Å². The van der Waals surface area contributed by atoms with E-state index in [0.717, 1.165) is 17.9 Å². The quantitative estimate of drug-likeness (QED) is 0.378. The Hall–Kier alpha value is -1.66. The van der Waals surface area contributed by atoms with E-state index in [9.17, 15) is 5.11 Å². The molecule has 1 aliphatic rings. The van der Waals surface area contributed by atoms with Crippen molar-refractivity contribution in [3.63, 3.8) is 0 Å². The molecule has 7 heteroatoms. The van der Waals surface area contributed by atoms with Crippen molar-refractivity contribution >= 4 is 23.0 Å². The molecule has 0 atom stereocenters. The maximum atomic E-state index is 10.3. The van der Waals surface area contributed by atoms with E-state index in [1.54, 1.807) is 24.3 Å². The van der Waals surface area contributed by atoms with E-state index in [2.05, 4.69) is 24.3 Å². The molecule has 2 aromatic rings. The molecule has 0 spiro atoms. The van der Waals surface area contributed by atoms with Gasteiger partial charge in [-0.05, 0) is 61.2 Å². The molecule has 1 fully saturated rings. The van der Waals surface area contributed by atoms with Gasteiger partial charge in [0.15, 0.2) is 6.73 Å². The molecular formula is C23H31Cl2N3O2. The van der Waals surface area contributed by atoms with Gasteiger partial charge in [-0.1, -0.05) is 30.9 Å². The molecule has 0 saturated heterocycles. The largest absolute Gasteiger partial charge is 1.00 e.